The SMILES string of the molecule is CC1(C)C(=O)O[C@H](/C=C\c2cccc([N+](=O)[O-])c2)C(C)(C)C1=O. The highest BCUT2D eigenvalue weighted by atomic mass is 16.6. The number of esters is 1. The molecule has 0 bridgehead atoms. The Balaban J connectivity index is 2.29. The Morgan fingerprint density at radius 3 is 2.48 bits per heavy atom. The fourth-order valence-electron chi connectivity index (χ4n) is 2.66. The van der Waals surface area contributed by atoms with Crippen molar-refractivity contribution in [1.82, 2.24) is 0 Å². The maximum Gasteiger partial charge on any atom is 0.319 e. The first-order valence-electron chi connectivity index (χ1n) is 7.25. The first-order chi connectivity index (χ1) is 10.6. The van der Waals surface area contributed by atoms with Crippen LogP contribution in [0.4, 0.5) is 5.69 Å². The number of hydrogen-bond acceptors (Lipinski definition) is 5. The second-order valence-corrected chi connectivity index (χ2v) is 6.71. The molecule has 0 N–H and O–H groups in total. The molecule has 0 radical (unpaired) electrons. The van der Waals surface area contributed by atoms with Gasteiger partial charge >= 0.3 is 5.97 Å². The zero-order chi connectivity index (χ0) is 17.4. The number of rotatable bonds is 3. The van der Waals surface area contributed by atoms with Crippen LogP contribution in [0, 0.1) is 20.9 Å². The molecule has 6 heteroatoms. The largest absolute Gasteiger partial charge is 0.456 e. The molecule has 1 aliphatic heterocycles. The summed E-state index contributed by atoms with van der Waals surface area (Å²) in [7, 11) is 0. The van der Waals surface area contributed by atoms with Crippen molar-refractivity contribution in [2.75, 3.05) is 0 Å². The van der Waals surface area contributed by atoms with E-state index in [9.17, 15) is 19.7 Å². The molecule has 1 fully saturated rings. The van der Waals surface area contributed by atoms with Crippen molar-refractivity contribution in [3.05, 3.63) is 46.0 Å². The van der Waals surface area contributed by atoms with Gasteiger partial charge in [0.2, 0.25) is 0 Å². The van der Waals surface area contributed by atoms with Crippen molar-refractivity contribution >= 4 is 23.5 Å². The predicted octanol–water partition coefficient (Wildman–Crippen LogP) is 3.15. The van der Waals surface area contributed by atoms with Gasteiger partial charge in [-0.3, -0.25) is 19.7 Å². The highest BCUT2D eigenvalue weighted by molar-refractivity contribution is 6.07. The van der Waals surface area contributed by atoms with Crippen molar-refractivity contribution in [1.29, 1.82) is 0 Å². The molecule has 1 saturated heterocycles. The lowest BCUT2D eigenvalue weighted by Crippen LogP contribution is -2.55. The molecule has 0 spiro atoms. The van der Waals surface area contributed by atoms with Gasteiger partial charge in [-0.2, -0.15) is 0 Å². The smallest absolute Gasteiger partial charge is 0.319 e. The van der Waals surface area contributed by atoms with E-state index < -0.39 is 27.8 Å². The van der Waals surface area contributed by atoms with Gasteiger partial charge in [-0.05, 0) is 39.3 Å². The van der Waals surface area contributed by atoms with Crippen molar-refractivity contribution in [3.8, 4) is 0 Å². The van der Waals surface area contributed by atoms with Gasteiger partial charge in [0.05, 0.1) is 10.3 Å². The highest BCUT2D eigenvalue weighted by Gasteiger charge is 2.54. The molecule has 1 heterocycles. The van der Waals surface area contributed by atoms with Crippen LogP contribution < -0.4 is 0 Å². The minimum Gasteiger partial charge on any atom is -0.456 e. The molecule has 1 aromatic carbocycles. The van der Waals surface area contributed by atoms with Gasteiger partial charge in [0.1, 0.15) is 11.5 Å². The summed E-state index contributed by atoms with van der Waals surface area (Å²) >= 11 is 0. The topological polar surface area (TPSA) is 86.5 Å². The molecule has 0 aromatic heterocycles. The summed E-state index contributed by atoms with van der Waals surface area (Å²) in [5, 5.41) is 10.8. The Morgan fingerprint density at radius 1 is 1.22 bits per heavy atom. The number of ketones is 1. The predicted molar refractivity (Wildman–Crippen MR) is 84.6 cm³/mol. The molecule has 6 nitrogen and oxygen atoms in total. The second kappa shape index (κ2) is 5.61. The minimum atomic E-state index is -1.17. The van der Waals surface area contributed by atoms with Crippen molar-refractivity contribution in [2.45, 2.75) is 33.8 Å². The van der Waals surface area contributed by atoms with Crippen molar-refractivity contribution < 1.29 is 19.2 Å². The zero-order valence-corrected chi connectivity index (χ0v) is 13.5. The van der Waals surface area contributed by atoms with Gasteiger partial charge in [-0.1, -0.05) is 18.2 Å². The van der Waals surface area contributed by atoms with Crippen LogP contribution >= 0.6 is 0 Å². The number of nitro benzene ring substituents is 1. The molecule has 122 valence electrons. The van der Waals surface area contributed by atoms with E-state index in [1.165, 1.54) is 12.1 Å². The quantitative estimate of drug-likeness (QED) is 0.370. The number of carbonyl (C=O) groups is 2. The number of hydrogen-bond donors (Lipinski definition) is 0. The molecular weight excluding hydrogens is 298 g/mol. The van der Waals surface area contributed by atoms with Gasteiger partial charge in [-0.25, -0.2) is 0 Å². The van der Waals surface area contributed by atoms with Gasteiger partial charge in [0.15, 0.2) is 5.78 Å². The Bertz CT molecular complexity index is 703. The lowest BCUT2D eigenvalue weighted by atomic mass is 9.68. The van der Waals surface area contributed by atoms with E-state index in [2.05, 4.69) is 0 Å². The van der Waals surface area contributed by atoms with Crippen LogP contribution in [-0.4, -0.2) is 22.8 Å². The maximum atomic E-state index is 12.5. The third-order valence-electron chi connectivity index (χ3n) is 4.15. The fraction of sp³-hybridized carbons (Fsp3) is 0.412. The van der Waals surface area contributed by atoms with Crippen LogP contribution in [0.25, 0.3) is 6.08 Å². The van der Waals surface area contributed by atoms with Crippen LogP contribution in [-0.2, 0) is 14.3 Å². The molecule has 1 aromatic rings. The summed E-state index contributed by atoms with van der Waals surface area (Å²) in [6.45, 7) is 6.57. The van der Waals surface area contributed by atoms with Gasteiger partial charge in [0.25, 0.3) is 5.69 Å². The standard InChI is InChI=1S/C17H19NO5/c1-16(2)13(23-15(20)17(3,4)14(16)19)9-8-11-6-5-7-12(10-11)18(21)22/h5-10,13H,1-4H3/b9-8-/t13-/m1/s1. The molecule has 0 amide bonds. The van der Waals surface area contributed by atoms with E-state index >= 15 is 0 Å². The van der Waals surface area contributed by atoms with Crippen molar-refractivity contribution in [3.63, 3.8) is 0 Å². The second-order valence-electron chi connectivity index (χ2n) is 6.71. The molecule has 1 aliphatic rings. The van der Waals surface area contributed by atoms with Crippen molar-refractivity contribution in [2.24, 2.45) is 10.8 Å². The summed E-state index contributed by atoms with van der Waals surface area (Å²) < 4.78 is 5.41. The fourth-order valence-corrected chi connectivity index (χ4v) is 2.66. The molecule has 0 unspecified atom stereocenters. The van der Waals surface area contributed by atoms with Gasteiger partial charge in [-0.15, -0.1) is 0 Å². The first kappa shape index (κ1) is 16.9. The molecule has 0 saturated carbocycles. The summed E-state index contributed by atoms with van der Waals surface area (Å²) in [6.07, 6.45) is 2.51. The van der Waals surface area contributed by atoms with E-state index in [0.29, 0.717) is 5.56 Å². The Labute approximate surface area is 134 Å². The van der Waals surface area contributed by atoms with E-state index in [1.54, 1.807) is 52.0 Å². The monoisotopic (exact) mass is 317 g/mol. The third kappa shape index (κ3) is 3.02. The van der Waals surface area contributed by atoms with Crippen LogP contribution in [0.5, 0.6) is 0 Å². The maximum absolute atomic E-state index is 12.5. The minimum absolute atomic E-state index is 0.0238. The van der Waals surface area contributed by atoms with E-state index in [0.717, 1.165) is 0 Å². The number of ether oxygens (including phenoxy) is 1. The van der Waals surface area contributed by atoms with E-state index in [-0.39, 0.29) is 11.5 Å². The number of nitrogens with zero attached hydrogens (tertiary/aromatic N) is 1. The molecular formula is C17H19NO5. The van der Waals surface area contributed by atoms with Gasteiger partial charge < -0.3 is 4.74 Å². The van der Waals surface area contributed by atoms with Crippen LogP contribution in [0.1, 0.15) is 33.3 Å². The Morgan fingerprint density at radius 2 is 1.87 bits per heavy atom. The summed E-state index contributed by atoms with van der Waals surface area (Å²) in [5.74, 6) is -0.745. The number of carbonyl (C=O) groups excluding carboxylic acids is 2. The molecule has 1 atom stereocenters. The van der Waals surface area contributed by atoms with Gasteiger partial charge in [0, 0.05) is 12.1 Å². The lowest BCUT2D eigenvalue weighted by Gasteiger charge is -2.41. The average molecular weight is 317 g/mol. The molecule has 23 heavy (non-hydrogen) atoms. The third-order valence-corrected chi connectivity index (χ3v) is 4.15. The summed E-state index contributed by atoms with van der Waals surface area (Å²) in [5.41, 5.74) is -1.46. The first-order valence-corrected chi connectivity index (χ1v) is 7.25. The van der Waals surface area contributed by atoms with E-state index in [4.69, 9.17) is 4.74 Å². The number of nitro groups is 1. The Kier molecular flexibility index (Phi) is 4.11. The lowest BCUT2D eigenvalue weighted by molar-refractivity contribution is -0.384. The van der Waals surface area contributed by atoms with E-state index in [1.807, 2.05) is 0 Å². The van der Waals surface area contributed by atoms with Crippen LogP contribution in [0.15, 0.2) is 30.3 Å². The Hall–Kier alpha value is -2.50. The number of non-ortho nitro benzene ring substituents is 1. The molecule has 2 rings (SSSR count). The number of benzene rings is 1. The molecule has 0 aliphatic carbocycles. The normalized spacial score (nSPS) is 22.9. The highest BCUT2D eigenvalue weighted by Crippen LogP contribution is 2.40. The van der Waals surface area contributed by atoms with Crippen LogP contribution in [0.2, 0.25) is 0 Å². The average Bonchev–Trinajstić information content (AvgIpc) is 2.49. The number of Topliss-reactive ketones (excluding diaryl/α,β-unsaturated/α-hetero) is 1. The number of cyclic esters (lactones) is 1. The van der Waals surface area contributed by atoms with Crippen LogP contribution in [0.3, 0.4) is 0 Å². The summed E-state index contributed by atoms with van der Waals surface area (Å²) in [4.78, 5) is 34.8. The zero-order valence-electron chi connectivity index (χ0n) is 13.5. The summed E-state index contributed by atoms with van der Waals surface area (Å²) in [6, 6.07) is 6.09.